The fourth-order valence-corrected chi connectivity index (χ4v) is 5.03. The van der Waals surface area contributed by atoms with Crippen molar-refractivity contribution >= 4 is 21.6 Å². The molecule has 2 aromatic carbocycles. The van der Waals surface area contributed by atoms with Crippen molar-refractivity contribution in [2.24, 2.45) is 0 Å². The van der Waals surface area contributed by atoms with E-state index in [-0.39, 0.29) is 10.8 Å². The molecule has 0 radical (unpaired) electrons. The van der Waals surface area contributed by atoms with Gasteiger partial charge in [0.2, 0.25) is 10.0 Å². The molecule has 3 aromatic rings. The summed E-state index contributed by atoms with van der Waals surface area (Å²) in [6.07, 6.45) is 7.65. The summed E-state index contributed by atoms with van der Waals surface area (Å²) in [6, 6.07) is 14.7. The third-order valence-electron chi connectivity index (χ3n) is 6.04. The maximum Gasteiger partial charge on any atom is 0.253 e. The predicted molar refractivity (Wildman–Crippen MR) is 133 cm³/mol. The molecular formula is C25H31N5O3S. The number of nitrogens with one attached hydrogen (secondary N) is 1. The van der Waals surface area contributed by atoms with Crippen LogP contribution in [0.1, 0.15) is 35.2 Å². The standard InChI is InChI=1S/C25H31N5O3S/c1-28(2)34(32,33)22-11-12-24(29-15-7-4-8-16-29)23(17-22)25(31)26-14-13-20-18-27-30(19-20)21-9-5-3-6-10-21/h3,5-6,9-12,17-19H,4,7-8,13-16H2,1-2H3,(H,26,31). The summed E-state index contributed by atoms with van der Waals surface area (Å²) < 4.78 is 28.3. The molecule has 1 aromatic heterocycles. The lowest BCUT2D eigenvalue weighted by atomic mass is 10.1. The van der Waals surface area contributed by atoms with Gasteiger partial charge in [-0.3, -0.25) is 4.79 Å². The lowest BCUT2D eigenvalue weighted by molar-refractivity contribution is 0.0954. The summed E-state index contributed by atoms with van der Waals surface area (Å²) in [4.78, 5) is 15.5. The highest BCUT2D eigenvalue weighted by molar-refractivity contribution is 7.89. The molecule has 0 bridgehead atoms. The van der Waals surface area contributed by atoms with Crippen molar-refractivity contribution in [1.29, 1.82) is 0 Å². The van der Waals surface area contributed by atoms with Crippen LogP contribution in [0.25, 0.3) is 5.69 Å². The molecule has 34 heavy (non-hydrogen) atoms. The number of hydrogen-bond acceptors (Lipinski definition) is 5. The minimum absolute atomic E-state index is 0.118. The van der Waals surface area contributed by atoms with Gasteiger partial charge in [0, 0.05) is 45.6 Å². The van der Waals surface area contributed by atoms with Crippen LogP contribution in [0.5, 0.6) is 0 Å². The SMILES string of the molecule is CN(C)S(=O)(=O)c1ccc(N2CCCCC2)c(C(=O)NCCc2cnn(-c3ccccc3)c2)c1. The Balaban J connectivity index is 1.50. The molecule has 0 saturated carbocycles. The Labute approximate surface area is 201 Å². The molecule has 1 saturated heterocycles. The van der Waals surface area contributed by atoms with E-state index < -0.39 is 10.0 Å². The van der Waals surface area contributed by atoms with E-state index in [0.717, 1.165) is 47.2 Å². The number of hydrogen-bond donors (Lipinski definition) is 1. The monoisotopic (exact) mass is 481 g/mol. The van der Waals surface area contributed by atoms with Gasteiger partial charge in [0.25, 0.3) is 5.91 Å². The van der Waals surface area contributed by atoms with E-state index in [2.05, 4.69) is 15.3 Å². The third kappa shape index (κ3) is 5.31. The largest absolute Gasteiger partial charge is 0.371 e. The van der Waals surface area contributed by atoms with Crippen molar-refractivity contribution in [2.45, 2.75) is 30.6 Å². The Kier molecular flexibility index (Phi) is 7.33. The number of rotatable bonds is 8. The first-order valence-electron chi connectivity index (χ1n) is 11.5. The molecule has 1 fully saturated rings. The van der Waals surface area contributed by atoms with Crippen molar-refractivity contribution < 1.29 is 13.2 Å². The number of benzene rings is 2. The average molecular weight is 482 g/mol. The minimum atomic E-state index is -3.64. The van der Waals surface area contributed by atoms with E-state index in [1.165, 1.54) is 26.6 Å². The number of piperidine rings is 1. The van der Waals surface area contributed by atoms with Gasteiger partial charge in [-0.05, 0) is 61.6 Å². The highest BCUT2D eigenvalue weighted by Crippen LogP contribution is 2.28. The fourth-order valence-electron chi connectivity index (χ4n) is 4.11. The van der Waals surface area contributed by atoms with Crippen LogP contribution in [0.3, 0.4) is 0 Å². The second-order valence-corrected chi connectivity index (χ2v) is 10.8. The molecule has 0 atom stereocenters. The van der Waals surface area contributed by atoms with Crippen molar-refractivity contribution in [3.05, 3.63) is 72.1 Å². The first kappa shape index (κ1) is 24.0. The molecule has 1 aliphatic rings. The molecule has 9 heteroatoms. The highest BCUT2D eigenvalue weighted by Gasteiger charge is 2.24. The number of para-hydroxylation sites is 1. The summed E-state index contributed by atoms with van der Waals surface area (Å²) in [5, 5.41) is 7.37. The zero-order valence-electron chi connectivity index (χ0n) is 19.6. The van der Waals surface area contributed by atoms with Crippen LogP contribution in [0.15, 0.2) is 65.8 Å². The van der Waals surface area contributed by atoms with Gasteiger partial charge in [-0.2, -0.15) is 5.10 Å². The Hall–Kier alpha value is -3.17. The van der Waals surface area contributed by atoms with Crippen molar-refractivity contribution in [1.82, 2.24) is 19.4 Å². The third-order valence-corrected chi connectivity index (χ3v) is 7.86. The van der Waals surface area contributed by atoms with Gasteiger partial charge >= 0.3 is 0 Å². The van der Waals surface area contributed by atoms with Crippen molar-refractivity contribution in [2.75, 3.05) is 38.6 Å². The fraction of sp³-hybridized carbons (Fsp3) is 0.360. The Morgan fingerprint density at radius 1 is 1.06 bits per heavy atom. The maximum absolute atomic E-state index is 13.2. The molecule has 0 aliphatic carbocycles. The predicted octanol–water partition coefficient (Wildman–Crippen LogP) is 3.09. The zero-order chi connectivity index (χ0) is 24.1. The van der Waals surface area contributed by atoms with E-state index in [1.807, 2.05) is 36.5 Å². The van der Waals surface area contributed by atoms with Crippen LogP contribution in [-0.4, -0.2) is 62.1 Å². The lowest BCUT2D eigenvalue weighted by Gasteiger charge is -2.30. The molecule has 1 aliphatic heterocycles. The molecule has 1 amide bonds. The molecule has 4 rings (SSSR count). The number of anilines is 1. The molecule has 0 spiro atoms. The number of aromatic nitrogens is 2. The van der Waals surface area contributed by atoms with Crippen LogP contribution in [-0.2, 0) is 16.4 Å². The molecule has 8 nitrogen and oxygen atoms in total. The number of carbonyl (C=O) groups is 1. The number of amides is 1. The number of nitrogens with zero attached hydrogens (tertiary/aromatic N) is 4. The van der Waals surface area contributed by atoms with Crippen LogP contribution >= 0.6 is 0 Å². The lowest BCUT2D eigenvalue weighted by Crippen LogP contribution is -2.33. The van der Waals surface area contributed by atoms with Gasteiger partial charge in [0.15, 0.2) is 0 Å². The van der Waals surface area contributed by atoms with E-state index in [1.54, 1.807) is 23.0 Å². The summed E-state index contributed by atoms with van der Waals surface area (Å²) in [5.41, 5.74) is 3.16. The summed E-state index contributed by atoms with van der Waals surface area (Å²) >= 11 is 0. The minimum Gasteiger partial charge on any atom is -0.371 e. The van der Waals surface area contributed by atoms with E-state index in [9.17, 15) is 13.2 Å². The quantitative estimate of drug-likeness (QED) is 0.534. The maximum atomic E-state index is 13.2. The summed E-state index contributed by atoms with van der Waals surface area (Å²) in [6.45, 7) is 2.14. The van der Waals surface area contributed by atoms with Gasteiger partial charge < -0.3 is 10.2 Å². The molecule has 180 valence electrons. The number of carbonyl (C=O) groups excluding carboxylic acids is 1. The second kappa shape index (κ2) is 10.4. The van der Waals surface area contributed by atoms with Crippen LogP contribution in [0, 0.1) is 0 Å². The summed E-state index contributed by atoms with van der Waals surface area (Å²) in [7, 11) is -0.665. The average Bonchev–Trinajstić information content (AvgIpc) is 3.33. The van der Waals surface area contributed by atoms with Crippen LogP contribution < -0.4 is 10.2 Å². The highest BCUT2D eigenvalue weighted by atomic mass is 32.2. The van der Waals surface area contributed by atoms with E-state index >= 15 is 0 Å². The van der Waals surface area contributed by atoms with Gasteiger partial charge in [0.05, 0.1) is 22.3 Å². The van der Waals surface area contributed by atoms with Crippen molar-refractivity contribution in [3.63, 3.8) is 0 Å². The molecule has 0 unspecified atom stereocenters. The normalized spacial score (nSPS) is 14.4. The van der Waals surface area contributed by atoms with Gasteiger partial charge in [0.1, 0.15) is 0 Å². The van der Waals surface area contributed by atoms with E-state index in [0.29, 0.717) is 18.5 Å². The van der Waals surface area contributed by atoms with E-state index in [4.69, 9.17) is 0 Å². The molecular weight excluding hydrogens is 450 g/mol. The van der Waals surface area contributed by atoms with Crippen molar-refractivity contribution in [3.8, 4) is 5.69 Å². The van der Waals surface area contributed by atoms with Crippen LogP contribution in [0.4, 0.5) is 5.69 Å². The number of sulfonamides is 1. The Morgan fingerprint density at radius 2 is 1.79 bits per heavy atom. The first-order valence-corrected chi connectivity index (χ1v) is 13.0. The zero-order valence-corrected chi connectivity index (χ0v) is 20.5. The molecule has 2 heterocycles. The second-order valence-electron chi connectivity index (χ2n) is 8.65. The Morgan fingerprint density at radius 3 is 2.50 bits per heavy atom. The van der Waals surface area contributed by atoms with Crippen LogP contribution in [0.2, 0.25) is 0 Å². The Bertz CT molecular complexity index is 1230. The van der Waals surface area contributed by atoms with Gasteiger partial charge in [-0.1, -0.05) is 18.2 Å². The first-order chi connectivity index (χ1) is 16.4. The topological polar surface area (TPSA) is 87.5 Å². The van der Waals surface area contributed by atoms with Gasteiger partial charge in [-0.15, -0.1) is 0 Å². The molecule has 1 N–H and O–H groups in total. The smallest absolute Gasteiger partial charge is 0.253 e. The van der Waals surface area contributed by atoms with Gasteiger partial charge in [-0.25, -0.2) is 17.4 Å². The summed E-state index contributed by atoms with van der Waals surface area (Å²) in [5.74, 6) is -0.271.